The topological polar surface area (TPSA) is 184 Å². The zero-order chi connectivity index (χ0) is 25.7. The summed E-state index contributed by atoms with van der Waals surface area (Å²) in [5, 5.41) is 22.4. The second-order valence-corrected chi connectivity index (χ2v) is 7.81. The van der Waals surface area contributed by atoms with Crippen molar-refractivity contribution >= 4 is 33.5 Å². The molecule has 2 heterocycles. The quantitative estimate of drug-likeness (QED) is 0.272. The van der Waals surface area contributed by atoms with Crippen LogP contribution < -0.4 is 22.2 Å². The number of hydrogen-bond acceptors (Lipinski definition) is 6. The van der Waals surface area contributed by atoms with Crippen molar-refractivity contribution in [2.75, 3.05) is 0 Å². The molecule has 4 N–H and O–H groups in total. The molecule has 0 bridgehead atoms. The van der Waals surface area contributed by atoms with E-state index in [2.05, 4.69) is 10.2 Å². The Kier molecular flexibility index (Phi) is 4.99. The second kappa shape index (κ2) is 8.06. The third kappa shape index (κ3) is 3.49. The van der Waals surface area contributed by atoms with Gasteiger partial charge in [0.15, 0.2) is 0 Å². The first-order valence-electron chi connectivity index (χ1n) is 10.3. The van der Waals surface area contributed by atoms with Gasteiger partial charge in [-0.05, 0) is 60.7 Å². The predicted octanol–water partition coefficient (Wildman–Crippen LogP) is 1.07. The van der Waals surface area contributed by atoms with Gasteiger partial charge >= 0.3 is 11.9 Å². The van der Waals surface area contributed by atoms with Crippen molar-refractivity contribution in [3.63, 3.8) is 0 Å². The number of nitrogens with zero attached hydrogens (tertiary/aromatic N) is 2. The number of aromatic amines is 2. The van der Waals surface area contributed by atoms with E-state index in [9.17, 15) is 28.8 Å². The first-order valence-corrected chi connectivity index (χ1v) is 10.3. The third-order valence-corrected chi connectivity index (χ3v) is 5.69. The van der Waals surface area contributed by atoms with Gasteiger partial charge in [0, 0.05) is 0 Å². The van der Waals surface area contributed by atoms with Crippen LogP contribution in [0.5, 0.6) is 0 Å². The monoisotopic (exact) mass is 486 g/mol. The maximum atomic E-state index is 13.2. The van der Waals surface area contributed by atoms with Crippen molar-refractivity contribution < 1.29 is 19.8 Å². The molecule has 0 saturated heterocycles. The minimum Gasteiger partial charge on any atom is -0.478 e. The number of carbonyl (C=O) groups is 2. The van der Waals surface area contributed by atoms with Crippen LogP contribution >= 0.6 is 0 Å². The summed E-state index contributed by atoms with van der Waals surface area (Å²) < 4.78 is 1.83. The summed E-state index contributed by atoms with van der Waals surface area (Å²) in [5.74, 6) is -2.32. The standard InChI is InChI=1S/C24H14N4O8/c29-19-15-9-16-18(22(32)28(26-20(16)30)14-7-3-12(4-8-14)24(35)36)10-17(15)21(31)27(25-19)13-5-1-11(2-6-13)23(33)34/h1-10H,(H,25,29)(H,26,30)(H,33,34)(H,35,36). The van der Waals surface area contributed by atoms with Gasteiger partial charge < -0.3 is 10.2 Å². The molecule has 0 amide bonds. The Bertz CT molecular complexity index is 1820. The molecule has 0 aliphatic rings. The van der Waals surface area contributed by atoms with Crippen LogP contribution in [0.4, 0.5) is 0 Å². The summed E-state index contributed by atoms with van der Waals surface area (Å²) in [6, 6.07) is 12.7. The molecule has 0 radical (unpaired) electrons. The van der Waals surface area contributed by atoms with Gasteiger partial charge in [-0.3, -0.25) is 29.4 Å². The molecule has 12 heteroatoms. The molecule has 2 aromatic heterocycles. The first-order chi connectivity index (χ1) is 17.2. The molecule has 12 nitrogen and oxygen atoms in total. The van der Waals surface area contributed by atoms with Crippen molar-refractivity contribution in [1.29, 1.82) is 0 Å². The first kappa shape index (κ1) is 22.3. The average Bonchev–Trinajstić information content (AvgIpc) is 2.87. The van der Waals surface area contributed by atoms with Crippen molar-refractivity contribution in [3.8, 4) is 11.4 Å². The van der Waals surface area contributed by atoms with Crippen molar-refractivity contribution in [1.82, 2.24) is 19.6 Å². The molecule has 0 saturated carbocycles. The molecule has 0 unspecified atom stereocenters. The van der Waals surface area contributed by atoms with Gasteiger partial charge in [-0.25, -0.2) is 19.0 Å². The van der Waals surface area contributed by atoms with Gasteiger partial charge in [-0.2, -0.15) is 0 Å². The Morgan fingerprint density at radius 2 is 0.889 bits per heavy atom. The highest BCUT2D eigenvalue weighted by Crippen LogP contribution is 2.15. The fourth-order valence-electron chi connectivity index (χ4n) is 3.87. The maximum absolute atomic E-state index is 13.2. The SMILES string of the molecule is O=C(O)c1ccc(-n2[nH]c(=O)c3cc4c(=O)[nH]n(-c5ccc(C(=O)O)cc5)c(=O)c4cc3c2=O)cc1. The second-order valence-electron chi connectivity index (χ2n) is 7.81. The lowest BCUT2D eigenvalue weighted by Gasteiger charge is -2.10. The van der Waals surface area contributed by atoms with Gasteiger partial charge in [-0.1, -0.05) is 0 Å². The molecule has 5 aromatic rings. The molecular weight excluding hydrogens is 472 g/mol. The number of rotatable bonds is 4. The third-order valence-electron chi connectivity index (χ3n) is 5.69. The number of aromatic carboxylic acids is 2. The van der Waals surface area contributed by atoms with E-state index < -0.39 is 34.2 Å². The van der Waals surface area contributed by atoms with Crippen LogP contribution in [-0.2, 0) is 0 Å². The molecule has 36 heavy (non-hydrogen) atoms. The number of hydrogen-bond donors (Lipinski definition) is 4. The van der Waals surface area contributed by atoms with Crippen LogP contribution in [0, 0.1) is 0 Å². The van der Waals surface area contributed by atoms with Crippen molar-refractivity contribution in [2.45, 2.75) is 0 Å². The zero-order valence-corrected chi connectivity index (χ0v) is 18.0. The number of benzene rings is 3. The summed E-state index contributed by atoms with van der Waals surface area (Å²) in [5.41, 5.74) is -2.48. The molecular formula is C24H14N4O8. The van der Waals surface area contributed by atoms with E-state index in [0.29, 0.717) is 0 Å². The van der Waals surface area contributed by atoms with Crippen LogP contribution in [0.3, 0.4) is 0 Å². The fourth-order valence-corrected chi connectivity index (χ4v) is 3.87. The molecule has 5 rings (SSSR count). The highest BCUT2D eigenvalue weighted by Gasteiger charge is 2.16. The van der Waals surface area contributed by atoms with Crippen LogP contribution in [-0.4, -0.2) is 41.7 Å². The number of carboxylic acids is 2. The number of aromatic nitrogens is 4. The Morgan fingerprint density at radius 3 is 1.22 bits per heavy atom. The highest BCUT2D eigenvalue weighted by molar-refractivity contribution is 5.96. The predicted molar refractivity (Wildman–Crippen MR) is 128 cm³/mol. The molecule has 0 atom stereocenters. The fraction of sp³-hybridized carbons (Fsp3) is 0. The van der Waals surface area contributed by atoms with Crippen LogP contribution in [0.1, 0.15) is 20.7 Å². The van der Waals surface area contributed by atoms with Crippen molar-refractivity contribution in [2.24, 2.45) is 0 Å². The van der Waals surface area contributed by atoms with E-state index in [0.717, 1.165) is 21.5 Å². The van der Waals surface area contributed by atoms with Gasteiger partial charge in [0.25, 0.3) is 22.2 Å². The van der Waals surface area contributed by atoms with E-state index in [1.54, 1.807) is 0 Å². The molecule has 0 spiro atoms. The van der Waals surface area contributed by atoms with Crippen LogP contribution in [0.2, 0.25) is 0 Å². The summed E-state index contributed by atoms with van der Waals surface area (Å²) in [7, 11) is 0. The Hall–Kier alpha value is -5.52. The minimum absolute atomic E-state index is 0.0166. The maximum Gasteiger partial charge on any atom is 0.335 e. The zero-order valence-electron chi connectivity index (χ0n) is 18.0. The van der Waals surface area contributed by atoms with E-state index in [-0.39, 0.29) is 44.0 Å². The lowest BCUT2D eigenvalue weighted by molar-refractivity contribution is 0.0686. The molecule has 178 valence electrons. The minimum atomic E-state index is -1.16. The van der Waals surface area contributed by atoms with E-state index in [1.165, 1.54) is 48.5 Å². The van der Waals surface area contributed by atoms with E-state index in [1.807, 2.05) is 0 Å². The summed E-state index contributed by atoms with van der Waals surface area (Å²) >= 11 is 0. The van der Waals surface area contributed by atoms with Crippen LogP contribution in [0.25, 0.3) is 32.9 Å². The summed E-state index contributed by atoms with van der Waals surface area (Å²) in [6.45, 7) is 0. The molecule has 0 fully saturated rings. The Morgan fingerprint density at radius 1 is 0.556 bits per heavy atom. The highest BCUT2D eigenvalue weighted by atomic mass is 16.4. The lowest BCUT2D eigenvalue weighted by Crippen LogP contribution is -2.31. The Labute approximate surface area is 197 Å². The van der Waals surface area contributed by atoms with Gasteiger partial charge in [0.2, 0.25) is 0 Å². The largest absolute Gasteiger partial charge is 0.478 e. The van der Waals surface area contributed by atoms with Gasteiger partial charge in [-0.15, -0.1) is 0 Å². The number of H-pyrrole nitrogens is 2. The molecule has 0 aliphatic heterocycles. The average molecular weight is 486 g/mol. The van der Waals surface area contributed by atoms with E-state index >= 15 is 0 Å². The van der Waals surface area contributed by atoms with Gasteiger partial charge in [0.05, 0.1) is 44.0 Å². The number of carboxylic acid groups (broad SMARTS) is 2. The molecule has 3 aromatic carbocycles. The van der Waals surface area contributed by atoms with Gasteiger partial charge in [0.1, 0.15) is 0 Å². The molecule has 0 aliphatic carbocycles. The number of fused-ring (bicyclic) bond motifs is 2. The number of nitrogens with one attached hydrogen (secondary N) is 2. The normalized spacial score (nSPS) is 11.1. The van der Waals surface area contributed by atoms with Crippen LogP contribution in [0.15, 0.2) is 79.8 Å². The lowest BCUT2D eigenvalue weighted by atomic mass is 10.1. The van der Waals surface area contributed by atoms with E-state index in [4.69, 9.17) is 10.2 Å². The van der Waals surface area contributed by atoms with Crippen molar-refractivity contribution in [3.05, 3.63) is 113 Å². The summed E-state index contributed by atoms with van der Waals surface area (Å²) in [6.07, 6.45) is 0. The Balaban J connectivity index is 1.76. The summed E-state index contributed by atoms with van der Waals surface area (Å²) in [4.78, 5) is 74.2. The smallest absolute Gasteiger partial charge is 0.335 e.